The van der Waals surface area contributed by atoms with E-state index in [2.05, 4.69) is 16.0 Å². The summed E-state index contributed by atoms with van der Waals surface area (Å²) in [6.07, 6.45) is 4.95. The number of halogens is 1. The Balaban J connectivity index is 1.63. The van der Waals surface area contributed by atoms with Crippen molar-refractivity contribution in [3.05, 3.63) is 46.5 Å². The van der Waals surface area contributed by atoms with Gasteiger partial charge in [-0.15, -0.1) is 0 Å². The third-order valence-electron chi connectivity index (χ3n) is 5.14. The molecule has 0 saturated carbocycles. The Morgan fingerprint density at radius 1 is 1.38 bits per heavy atom. The summed E-state index contributed by atoms with van der Waals surface area (Å²) < 4.78 is 13.0. The van der Waals surface area contributed by atoms with Crippen molar-refractivity contribution in [1.82, 2.24) is 14.9 Å². The van der Waals surface area contributed by atoms with Crippen LogP contribution >= 0.6 is 11.6 Å². The molecule has 24 heavy (non-hydrogen) atoms. The van der Waals surface area contributed by atoms with Gasteiger partial charge in [0.15, 0.2) is 0 Å². The summed E-state index contributed by atoms with van der Waals surface area (Å²) >= 11 is 6.26. The summed E-state index contributed by atoms with van der Waals surface area (Å²) in [6.45, 7) is 3.36. The third kappa shape index (κ3) is 2.70. The van der Waals surface area contributed by atoms with Crippen LogP contribution in [0.4, 0.5) is 0 Å². The van der Waals surface area contributed by atoms with Gasteiger partial charge in [0.25, 0.3) is 0 Å². The number of nitrogens with zero attached hydrogens (tertiary/aromatic N) is 2. The first-order chi connectivity index (χ1) is 11.7. The maximum Gasteiger partial charge on any atom is 0.137 e. The lowest BCUT2D eigenvalue weighted by Crippen LogP contribution is -2.51. The molecular weight excluding hydrogens is 326 g/mol. The smallest absolute Gasteiger partial charge is 0.137 e. The second kappa shape index (κ2) is 6.39. The van der Waals surface area contributed by atoms with E-state index in [-0.39, 0.29) is 5.54 Å². The molecule has 0 aliphatic carbocycles. The van der Waals surface area contributed by atoms with Gasteiger partial charge in [0.1, 0.15) is 5.75 Å². The van der Waals surface area contributed by atoms with E-state index in [9.17, 15) is 0 Å². The van der Waals surface area contributed by atoms with Gasteiger partial charge in [-0.25, -0.2) is 4.98 Å². The van der Waals surface area contributed by atoms with Crippen molar-refractivity contribution in [2.75, 3.05) is 26.9 Å². The van der Waals surface area contributed by atoms with Crippen molar-refractivity contribution in [3.63, 3.8) is 0 Å². The molecule has 2 aliphatic rings. The van der Waals surface area contributed by atoms with Crippen LogP contribution in [-0.2, 0) is 23.2 Å². The molecule has 1 aromatic carbocycles. The van der Waals surface area contributed by atoms with Crippen molar-refractivity contribution in [2.24, 2.45) is 0 Å². The maximum atomic E-state index is 6.26. The summed E-state index contributed by atoms with van der Waals surface area (Å²) in [5.41, 5.74) is 3.69. The lowest BCUT2D eigenvalue weighted by atomic mass is 9.82. The maximum absolute atomic E-state index is 6.26. The molecule has 6 heteroatoms. The average molecular weight is 348 g/mol. The number of methoxy groups -OCH3 is 1. The normalized spacial score (nSPS) is 19.2. The molecular formula is C18H22ClN3O2. The van der Waals surface area contributed by atoms with Crippen LogP contribution in [0.1, 0.15) is 29.8 Å². The molecule has 0 atom stereocenters. The summed E-state index contributed by atoms with van der Waals surface area (Å²) in [7, 11) is 1.63. The predicted octanol–water partition coefficient (Wildman–Crippen LogP) is 2.74. The van der Waals surface area contributed by atoms with Crippen molar-refractivity contribution < 1.29 is 9.47 Å². The second-order valence-corrected chi connectivity index (χ2v) is 6.92. The Bertz CT molecular complexity index is 738. The first kappa shape index (κ1) is 15.9. The van der Waals surface area contributed by atoms with E-state index in [0.29, 0.717) is 10.8 Å². The van der Waals surface area contributed by atoms with Gasteiger partial charge in [-0.3, -0.25) is 0 Å². The third-order valence-corrected chi connectivity index (χ3v) is 5.44. The topological polar surface area (TPSA) is 48.3 Å². The van der Waals surface area contributed by atoms with Crippen molar-refractivity contribution >= 4 is 11.6 Å². The molecule has 1 fully saturated rings. The summed E-state index contributed by atoms with van der Waals surface area (Å²) in [5.74, 6) is 0.707. The van der Waals surface area contributed by atoms with Crippen molar-refractivity contribution in [2.45, 2.75) is 31.3 Å². The van der Waals surface area contributed by atoms with Crippen LogP contribution in [-0.4, -0.2) is 36.4 Å². The molecule has 3 heterocycles. The van der Waals surface area contributed by atoms with E-state index in [0.717, 1.165) is 51.1 Å². The SMILES string of the molecule is COc1ccc(Cn2cnc3c2CCNC32CCOCC2)cc1Cl. The molecule has 128 valence electrons. The molecule has 1 aromatic heterocycles. The van der Waals surface area contributed by atoms with Gasteiger partial charge in [0, 0.05) is 38.4 Å². The van der Waals surface area contributed by atoms with Gasteiger partial charge < -0.3 is 19.4 Å². The highest BCUT2D eigenvalue weighted by molar-refractivity contribution is 6.32. The largest absolute Gasteiger partial charge is 0.495 e. The minimum Gasteiger partial charge on any atom is -0.495 e. The molecule has 5 nitrogen and oxygen atoms in total. The zero-order chi connectivity index (χ0) is 16.6. The Morgan fingerprint density at radius 3 is 2.96 bits per heavy atom. The number of nitrogens with one attached hydrogen (secondary N) is 1. The fourth-order valence-electron chi connectivity index (χ4n) is 3.85. The second-order valence-electron chi connectivity index (χ2n) is 6.51. The highest BCUT2D eigenvalue weighted by Crippen LogP contribution is 2.36. The van der Waals surface area contributed by atoms with Crippen molar-refractivity contribution in [3.8, 4) is 5.75 Å². The van der Waals surface area contributed by atoms with Gasteiger partial charge in [-0.05, 0) is 30.5 Å². The Labute approximate surface area is 146 Å². The first-order valence-electron chi connectivity index (χ1n) is 8.41. The van der Waals surface area contributed by atoms with Gasteiger partial charge in [0.05, 0.1) is 29.7 Å². The number of imidazole rings is 1. The molecule has 0 amide bonds. The monoisotopic (exact) mass is 347 g/mol. The molecule has 4 rings (SSSR count). The highest BCUT2D eigenvalue weighted by Gasteiger charge is 2.40. The number of benzene rings is 1. The summed E-state index contributed by atoms with van der Waals surface area (Å²) in [4.78, 5) is 4.77. The number of hydrogen-bond acceptors (Lipinski definition) is 4. The summed E-state index contributed by atoms with van der Waals surface area (Å²) in [5, 5.41) is 4.34. The standard InChI is InChI=1S/C18H22ClN3O2/c1-23-16-3-2-13(10-14(16)19)11-22-12-20-17-15(22)4-7-21-18(17)5-8-24-9-6-18/h2-3,10,12,21H,4-9,11H2,1H3. The van der Waals surface area contributed by atoms with E-state index >= 15 is 0 Å². The van der Waals surface area contributed by atoms with Crippen molar-refractivity contribution in [1.29, 1.82) is 0 Å². The Morgan fingerprint density at radius 2 is 2.21 bits per heavy atom. The quantitative estimate of drug-likeness (QED) is 0.927. The lowest BCUT2D eigenvalue weighted by Gasteiger charge is -2.40. The van der Waals surface area contributed by atoms with Gasteiger partial charge >= 0.3 is 0 Å². The van der Waals surface area contributed by atoms with E-state index < -0.39 is 0 Å². The Kier molecular flexibility index (Phi) is 4.24. The Hall–Kier alpha value is -1.56. The van der Waals surface area contributed by atoms with Gasteiger partial charge in [-0.2, -0.15) is 0 Å². The van der Waals surface area contributed by atoms with Crippen LogP contribution in [0.2, 0.25) is 5.02 Å². The molecule has 0 unspecified atom stereocenters. The van der Waals surface area contributed by atoms with E-state index in [4.69, 9.17) is 26.1 Å². The number of hydrogen-bond donors (Lipinski definition) is 1. The van der Waals surface area contributed by atoms with E-state index in [1.54, 1.807) is 7.11 Å². The molecule has 1 spiro atoms. The fraction of sp³-hybridized carbons (Fsp3) is 0.500. The highest BCUT2D eigenvalue weighted by atomic mass is 35.5. The predicted molar refractivity (Wildman–Crippen MR) is 92.8 cm³/mol. The number of aromatic nitrogens is 2. The van der Waals surface area contributed by atoms with Crippen LogP contribution < -0.4 is 10.1 Å². The molecule has 1 N–H and O–H groups in total. The molecule has 1 saturated heterocycles. The number of rotatable bonds is 3. The molecule has 2 aromatic rings. The van der Waals surface area contributed by atoms with E-state index in [1.165, 1.54) is 11.4 Å². The van der Waals surface area contributed by atoms with Crippen LogP contribution in [0, 0.1) is 0 Å². The fourth-order valence-corrected chi connectivity index (χ4v) is 4.13. The summed E-state index contributed by atoms with van der Waals surface area (Å²) in [6, 6.07) is 5.95. The number of fused-ring (bicyclic) bond motifs is 2. The zero-order valence-electron chi connectivity index (χ0n) is 13.8. The van der Waals surface area contributed by atoms with Gasteiger partial charge in [-0.1, -0.05) is 17.7 Å². The minimum atomic E-state index is -0.00532. The van der Waals surface area contributed by atoms with Crippen LogP contribution in [0.3, 0.4) is 0 Å². The van der Waals surface area contributed by atoms with E-state index in [1.807, 2.05) is 18.5 Å². The van der Waals surface area contributed by atoms with Crippen LogP contribution in [0.5, 0.6) is 5.75 Å². The van der Waals surface area contributed by atoms with Gasteiger partial charge in [0.2, 0.25) is 0 Å². The average Bonchev–Trinajstić information content (AvgIpc) is 3.01. The van der Waals surface area contributed by atoms with Crippen LogP contribution in [0.15, 0.2) is 24.5 Å². The molecule has 0 radical (unpaired) electrons. The minimum absolute atomic E-state index is 0.00532. The molecule has 0 bridgehead atoms. The number of ether oxygens (including phenoxy) is 2. The van der Waals surface area contributed by atoms with Crippen LogP contribution in [0.25, 0.3) is 0 Å². The zero-order valence-corrected chi connectivity index (χ0v) is 14.6. The molecule has 2 aliphatic heterocycles. The first-order valence-corrected chi connectivity index (χ1v) is 8.79. The lowest BCUT2D eigenvalue weighted by molar-refractivity contribution is 0.0322.